The summed E-state index contributed by atoms with van der Waals surface area (Å²) in [7, 11) is 0. The van der Waals surface area contributed by atoms with Crippen molar-refractivity contribution in [1.82, 2.24) is 9.88 Å². The monoisotopic (exact) mass is 416 g/mol. The Kier molecular flexibility index (Phi) is 5.61. The van der Waals surface area contributed by atoms with Crippen molar-refractivity contribution in [1.29, 1.82) is 0 Å². The summed E-state index contributed by atoms with van der Waals surface area (Å²) in [6.07, 6.45) is 2.42. The number of carbonyl (C=O) groups excluding carboxylic acids is 1. The summed E-state index contributed by atoms with van der Waals surface area (Å²) in [6.45, 7) is 5.24. The number of rotatable bonds is 5. The largest absolute Gasteiger partial charge is 0.481 e. The van der Waals surface area contributed by atoms with Crippen LogP contribution in [0.4, 0.5) is 11.5 Å². The summed E-state index contributed by atoms with van der Waals surface area (Å²) >= 11 is 0. The third kappa shape index (κ3) is 4.29. The summed E-state index contributed by atoms with van der Waals surface area (Å²) in [5, 5.41) is 1.03. The van der Waals surface area contributed by atoms with Crippen molar-refractivity contribution in [2.75, 3.05) is 55.7 Å². The molecular formula is C25H28N4O2. The van der Waals surface area contributed by atoms with E-state index in [1.807, 2.05) is 41.3 Å². The fourth-order valence-electron chi connectivity index (χ4n) is 4.43. The van der Waals surface area contributed by atoms with E-state index in [0.717, 1.165) is 42.9 Å². The van der Waals surface area contributed by atoms with Crippen LogP contribution in [0.2, 0.25) is 0 Å². The van der Waals surface area contributed by atoms with Crippen LogP contribution in [0.5, 0.6) is 5.75 Å². The molecule has 0 atom stereocenters. The first-order valence-corrected chi connectivity index (χ1v) is 11.1. The summed E-state index contributed by atoms with van der Waals surface area (Å²) in [4.78, 5) is 24.2. The summed E-state index contributed by atoms with van der Waals surface area (Å²) < 4.78 is 5.98. The molecule has 6 nitrogen and oxygen atoms in total. The zero-order valence-electron chi connectivity index (χ0n) is 17.7. The second-order valence-electron chi connectivity index (χ2n) is 8.18. The molecule has 0 N–H and O–H groups in total. The minimum absolute atomic E-state index is 0.0282. The Morgan fingerprint density at radius 3 is 2.35 bits per heavy atom. The molecule has 1 amide bonds. The first-order valence-electron chi connectivity index (χ1n) is 11.1. The van der Waals surface area contributed by atoms with Gasteiger partial charge in [0.25, 0.3) is 5.91 Å². The number of para-hydroxylation sites is 2. The van der Waals surface area contributed by atoms with Gasteiger partial charge in [0, 0.05) is 50.3 Å². The average molecular weight is 417 g/mol. The molecule has 2 aliphatic rings. The first-order chi connectivity index (χ1) is 15.3. The molecule has 2 aromatic carbocycles. The smallest absolute Gasteiger partial charge is 0.260 e. The van der Waals surface area contributed by atoms with E-state index in [4.69, 9.17) is 9.72 Å². The standard InChI is InChI=1S/C25H28N4O2/c30-24(29-17-15-27(16-18-29)21-8-2-1-3-9-21)19-31-22-10-6-7-20-11-12-23(26-25(20)22)28-13-4-5-14-28/h1-3,6-12H,4-5,13-19H2. The van der Waals surface area contributed by atoms with Gasteiger partial charge in [0.15, 0.2) is 6.61 Å². The molecule has 0 radical (unpaired) electrons. The van der Waals surface area contributed by atoms with Crippen LogP contribution in [0.1, 0.15) is 12.8 Å². The number of fused-ring (bicyclic) bond motifs is 1. The predicted octanol–water partition coefficient (Wildman–Crippen LogP) is 3.56. The van der Waals surface area contributed by atoms with E-state index < -0.39 is 0 Å². The number of nitrogens with zero attached hydrogens (tertiary/aromatic N) is 4. The number of piperazine rings is 1. The lowest BCUT2D eigenvalue weighted by Gasteiger charge is -2.36. The molecule has 0 spiro atoms. The molecule has 2 aliphatic heterocycles. The molecule has 0 saturated carbocycles. The molecule has 160 valence electrons. The predicted molar refractivity (Wildman–Crippen MR) is 124 cm³/mol. The van der Waals surface area contributed by atoms with Gasteiger partial charge < -0.3 is 19.4 Å². The summed E-state index contributed by atoms with van der Waals surface area (Å²) in [5.74, 6) is 1.69. The molecule has 6 heteroatoms. The maximum atomic E-state index is 12.8. The molecule has 2 fully saturated rings. The second kappa shape index (κ2) is 8.84. The van der Waals surface area contributed by atoms with Gasteiger partial charge in [-0.3, -0.25) is 4.79 Å². The number of hydrogen-bond donors (Lipinski definition) is 0. The maximum absolute atomic E-state index is 12.8. The van der Waals surface area contributed by atoms with Crippen LogP contribution in [0.25, 0.3) is 10.9 Å². The molecule has 2 saturated heterocycles. The van der Waals surface area contributed by atoms with E-state index in [1.165, 1.54) is 18.5 Å². The number of amides is 1. The number of carbonyl (C=O) groups is 1. The fraction of sp³-hybridized carbons (Fsp3) is 0.360. The highest BCUT2D eigenvalue weighted by Crippen LogP contribution is 2.28. The third-order valence-electron chi connectivity index (χ3n) is 6.20. The van der Waals surface area contributed by atoms with Gasteiger partial charge in [-0.2, -0.15) is 0 Å². The Labute approximate surface area is 183 Å². The molecule has 0 unspecified atom stereocenters. The molecular weight excluding hydrogens is 388 g/mol. The number of ether oxygens (including phenoxy) is 1. The highest BCUT2D eigenvalue weighted by atomic mass is 16.5. The lowest BCUT2D eigenvalue weighted by atomic mass is 10.2. The van der Waals surface area contributed by atoms with Crippen LogP contribution in [-0.4, -0.2) is 61.7 Å². The first kappa shape index (κ1) is 19.7. The van der Waals surface area contributed by atoms with Gasteiger partial charge in [-0.25, -0.2) is 4.98 Å². The lowest BCUT2D eigenvalue weighted by Crippen LogP contribution is -2.50. The zero-order valence-corrected chi connectivity index (χ0v) is 17.7. The van der Waals surface area contributed by atoms with Gasteiger partial charge in [0.05, 0.1) is 0 Å². The van der Waals surface area contributed by atoms with E-state index in [9.17, 15) is 4.79 Å². The maximum Gasteiger partial charge on any atom is 0.260 e. The Balaban J connectivity index is 1.22. The summed E-state index contributed by atoms with van der Waals surface area (Å²) in [6, 6.07) is 20.4. The summed E-state index contributed by atoms with van der Waals surface area (Å²) in [5.41, 5.74) is 2.04. The van der Waals surface area contributed by atoms with Gasteiger partial charge in [0.1, 0.15) is 17.1 Å². The second-order valence-corrected chi connectivity index (χ2v) is 8.18. The number of aromatic nitrogens is 1. The van der Waals surface area contributed by atoms with Gasteiger partial charge in [0.2, 0.25) is 0 Å². The van der Waals surface area contributed by atoms with E-state index >= 15 is 0 Å². The number of hydrogen-bond acceptors (Lipinski definition) is 5. The number of benzene rings is 2. The number of pyridine rings is 1. The van der Waals surface area contributed by atoms with Gasteiger partial charge in [-0.05, 0) is 43.2 Å². The minimum atomic E-state index is 0.0282. The molecule has 0 bridgehead atoms. The van der Waals surface area contributed by atoms with Crippen molar-refractivity contribution in [2.45, 2.75) is 12.8 Å². The SMILES string of the molecule is O=C(COc1cccc2ccc(N3CCCC3)nc12)N1CCN(c2ccccc2)CC1. The van der Waals surface area contributed by atoms with Gasteiger partial charge in [-0.15, -0.1) is 0 Å². The van der Waals surface area contributed by atoms with Gasteiger partial charge >= 0.3 is 0 Å². The van der Waals surface area contributed by atoms with Crippen LogP contribution < -0.4 is 14.5 Å². The highest BCUT2D eigenvalue weighted by molar-refractivity contribution is 5.86. The molecule has 5 rings (SSSR count). The van der Waals surface area contributed by atoms with Crippen LogP contribution >= 0.6 is 0 Å². The van der Waals surface area contributed by atoms with Crippen molar-refractivity contribution in [3.63, 3.8) is 0 Å². The van der Waals surface area contributed by atoms with Crippen LogP contribution in [0, 0.1) is 0 Å². The van der Waals surface area contributed by atoms with Crippen molar-refractivity contribution in [2.24, 2.45) is 0 Å². The highest BCUT2D eigenvalue weighted by Gasteiger charge is 2.22. The Morgan fingerprint density at radius 2 is 1.58 bits per heavy atom. The Hall–Kier alpha value is -3.28. The number of anilines is 2. The van der Waals surface area contributed by atoms with Crippen molar-refractivity contribution in [3.8, 4) is 5.75 Å². The Morgan fingerprint density at radius 1 is 0.806 bits per heavy atom. The molecule has 3 heterocycles. The van der Waals surface area contributed by atoms with Crippen molar-refractivity contribution >= 4 is 28.3 Å². The van der Waals surface area contributed by atoms with E-state index in [2.05, 4.69) is 34.1 Å². The Bertz CT molecular complexity index is 1040. The van der Waals surface area contributed by atoms with Crippen molar-refractivity contribution in [3.05, 3.63) is 60.7 Å². The van der Waals surface area contributed by atoms with Crippen molar-refractivity contribution < 1.29 is 9.53 Å². The van der Waals surface area contributed by atoms with E-state index in [1.54, 1.807) is 0 Å². The molecule has 3 aromatic rings. The van der Waals surface area contributed by atoms with Crippen LogP contribution in [-0.2, 0) is 4.79 Å². The fourth-order valence-corrected chi connectivity index (χ4v) is 4.43. The lowest BCUT2D eigenvalue weighted by molar-refractivity contribution is -0.133. The molecule has 0 aliphatic carbocycles. The van der Waals surface area contributed by atoms with Gasteiger partial charge in [-0.1, -0.05) is 30.3 Å². The third-order valence-corrected chi connectivity index (χ3v) is 6.20. The minimum Gasteiger partial charge on any atom is -0.481 e. The van der Waals surface area contributed by atoms with E-state index in [0.29, 0.717) is 18.8 Å². The molecule has 1 aromatic heterocycles. The van der Waals surface area contributed by atoms with E-state index in [-0.39, 0.29) is 12.5 Å². The molecule has 31 heavy (non-hydrogen) atoms. The zero-order chi connectivity index (χ0) is 21.0. The quantitative estimate of drug-likeness (QED) is 0.637. The topological polar surface area (TPSA) is 48.9 Å². The van der Waals surface area contributed by atoms with Crippen LogP contribution in [0.3, 0.4) is 0 Å². The average Bonchev–Trinajstić information content (AvgIpc) is 3.38. The normalized spacial score (nSPS) is 16.7. The van der Waals surface area contributed by atoms with Crippen LogP contribution in [0.15, 0.2) is 60.7 Å².